The quantitative estimate of drug-likeness (QED) is 0.309. The molecule has 0 aliphatic rings. The summed E-state index contributed by atoms with van der Waals surface area (Å²) in [5.41, 5.74) is -0.957. The molecule has 25 heavy (non-hydrogen) atoms. The summed E-state index contributed by atoms with van der Waals surface area (Å²) in [4.78, 5) is 5.48. The molecule has 1 atom stereocenters. The molecule has 0 aliphatic carbocycles. The summed E-state index contributed by atoms with van der Waals surface area (Å²) in [5, 5.41) is 19.2. The van der Waals surface area contributed by atoms with E-state index in [0.29, 0.717) is 18.4 Å². The second kappa shape index (κ2) is 10.8. The highest BCUT2D eigenvalue weighted by Gasteiger charge is 2.24. The van der Waals surface area contributed by atoms with Crippen LogP contribution in [0.5, 0.6) is 0 Å². The molecule has 0 amide bonds. The van der Waals surface area contributed by atoms with Crippen molar-refractivity contribution in [3.8, 4) is 0 Å². The Hall–Kier alpha value is -1.06. The lowest BCUT2D eigenvalue weighted by molar-refractivity contribution is 0.0711. The normalized spacial score (nSPS) is 14.0. The third kappa shape index (κ3) is 7.79. The summed E-state index contributed by atoms with van der Waals surface area (Å²) in [6.07, 6.45) is 2.47. The van der Waals surface area contributed by atoms with Gasteiger partial charge in [-0.05, 0) is 36.4 Å². The zero-order valence-electron chi connectivity index (χ0n) is 15.0. The summed E-state index contributed by atoms with van der Waals surface area (Å²) in [7, 11) is 0. The van der Waals surface area contributed by atoms with Crippen LogP contribution >= 0.6 is 35.3 Å². The number of rotatable bonds is 8. The Labute approximate surface area is 171 Å². The smallest absolute Gasteiger partial charge is 0.191 e. The molecular formula is C18H28IN3O2S. The van der Waals surface area contributed by atoms with Gasteiger partial charge in [0.1, 0.15) is 11.4 Å². The van der Waals surface area contributed by atoms with E-state index in [1.54, 1.807) is 24.5 Å². The summed E-state index contributed by atoms with van der Waals surface area (Å²) >= 11 is 1.54. The minimum atomic E-state index is -0.957. The van der Waals surface area contributed by atoms with Crippen molar-refractivity contribution in [1.82, 2.24) is 10.6 Å². The van der Waals surface area contributed by atoms with E-state index in [-0.39, 0.29) is 24.0 Å². The topological polar surface area (TPSA) is 69.8 Å². The third-order valence-electron chi connectivity index (χ3n) is 3.52. The number of hydrogen-bond acceptors (Lipinski definition) is 4. The molecule has 0 spiro atoms. The van der Waals surface area contributed by atoms with Crippen LogP contribution in [0, 0.1) is 5.92 Å². The minimum absolute atomic E-state index is 0. The van der Waals surface area contributed by atoms with Gasteiger partial charge in [0, 0.05) is 24.4 Å². The second-order valence-corrected chi connectivity index (χ2v) is 7.39. The van der Waals surface area contributed by atoms with Crippen LogP contribution in [0.15, 0.2) is 45.3 Å². The van der Waals surface area contributed by atoms with Gasteiger partial charge in [-0.2, -0.15) is 0 Å². The molecule has 0 saturated carbocycles. The van der Waals surface area contributed by atoms with Crippen molar-refractivity contribution in [3.63, 3.8) is 0 Å². The van der Waals surface area contributed by atoms with E-state index in [9.17, 15) is 5.11 Å². The van der Waals surface area contributed by atoms with Crippen LogP contribution in [0.25, 0.3) is 0 Å². The summed E-state index contributed by atoms with van der Waals surface area (Å²) in [6.45, 7) is 7.95. The van der Waals surface area contributed by atoms with E-state index in [1.807, 2.05) is 29.6 Å². The minimum Gasteiger partial charge on any atom is -0.469 e. The van der Waals surface area contributed by atoms with Gasteiger partial charge in [0.25, 0.3) is 0 Å². The largest absolute Gasteiger partial charge is 0.469 e. The van der Waals surface area contributed by atoms with Crippen molar-refractivity contribution in [1.29, 1.82) is 0 Å². The average Bonchev–Trinajstić information content (AvgIpc) is 3.22. The molecule has 0 saturated heterocycles. The van der Waals surface area contributed by atoms with Crippen LogP contribution in [0.3, 0.4) is 0 Å². The zero-order chi connectivity index (χ0) is 17.4. The van der Waals surface area contributed by atoms with E-state index in [2.05, 4.69) is 29.5 Å². The molecule has 2 aromatic heterocycles. The van der Waals surface area contributed by atoms with E-state index in [0.717, 1.165) is 30.1 Å². The highest BCUT2D eigenvalue weighted by molar-refractivity contribution is 14.0. The molecule has 2 rings (SSSR count). The first-order valence-corrected chi connectivity index (χ1v) is 9.16. The predicted molar refractivity (Wildman–Crippen MR) is 115 cm³/mol. The van der Waals surface area contributed by atoms with Gasteiger partial charge in [-0.15, -0.1) is 35.3 Å². The lowest BCUT2D eigenvalue weighted by Gasteiger charge is -2.21. The Morgan fingerprint density at radius 2 is 2.12 bits per heavy atom. The van der Waals surface area contributed by atoms with Gasteiger partial charge in [0.2, 0.25) is 0 Å². The molecule has 3 N–H and O–H groups in total. The fourth-order valence-corrected chi connectivity index (χ4v) is 2.91. The molecule has 2 heterocycles. The summed E-state index contributed by atoms with van der Waals surface area (Å²) in [5.74, 6) is 2.17. The molecule has 0 fully saturated rings. The Bertz CT molecular complexity index is 610. The van der Waals surface area contributed by atoms with Gasteiger partial charge in [-0.25, -0.2) is 4.99 Å². The fraction of sp³-hybridized carbons (Fsp3) is 0.500. The lowest BCUT2D eigenvalue weighted by atomic mass is 10.1. The van der Waals surface area contributed by atoms with Crippen molar-refractivity contribution in [2.75, 3.05) is 19.6 Å². The maximum atomic E-state index is 10.6. The number of aliphatic hydroxyl groups is 1. The van der Waals surface area contributed by atoms with E-state index in [1.165, 1.54) is 0 Å². The Kier molecular flexibility index (Phi) is 9.52. The Morgan fingerprint density at radius 3 is 2.72 bits per heavy atom. The molecule has 0 radical (unpaired) electrons. The highest BCUT2D eigenvalue weighted by atomic mass is 127. The molecule has 7 heteroatoms. The number of guanidine groups is 1. The van der Waals surface area contributed by atoms with Crippen LogP contribution in [0.2, 0.25) is 0 Å². The van der Waals surface area contributed by atoms with Crippen molar-refractivity contribution in [2.45, 2.75) is 32.8 Å². The van der Waals surface area contributed by atoms with E-state index < -0.39 is 5.60 Å². The lowest BCUT2D eigenvalue weighted by Crippen LogP contribution is -2.41. The third-order valence-corrected chi connectivity index (χ3v) is 4.64. The number of aliphatic imine (C=N–C) groups is 1. The number of halogens is 1. The highest BCUT2D eigenvalue weighted by Crippen LogP contribution is 2.25. The summed E-state index contributed by atoms with van der Waals surface area (Å²) < 4.78 is 5.34. The molecule has 0 aliphatic heterocycles. The Balaban J connectivity index is 0.00000312. The summed E-state index contributed by atoms with van der Waals surface area (Å²) in [6, 6.07) is 7.73. The van der Waals surface area contributed by atoms with Crippen LogP contribution in [-0.4, -0.2) is 30.7 Å². The second-order valence-electron chi connectivity index (χ2n) is 6.45. The molecule has 0 bridgehead atoms. The Morgan fingerprint density at radius 1 is 1.32 bits per heavy atom. The average molecular weight is 477 g/mol. The van der Waals surface area contributed by atoms with Crippen molar-refractivity contribution >= 4 is 41.3 Å². The molecule has 2 aromatic rings. The SMILES string of the molecule is CC(C)CNC(=NCC(C)(O)c1cccs1)NCCc1ccco1.I. The fourth-order valence-electron chi connectivity index (χ4n) is 2.13. The van der Waals surface area contributed by atoms with Gasteiger partial charge in [-0.3, -0.25) is 0 Å². The van der Waals surface area contributed by atoms with Gasteiger partial charge < -0.3 is 20.2 Å². The van der Waals surface area contributed by atoms with Crippen LogP contribution in [0.4, 0.5) is 0 Å². The molecule has 1 unspecified atom stereocenters. The van der Waals surface area contributed by atoms with Crippen molar-refractivity contribution < 1.29 is 9.52 Å². The maximum absolute atomic E-state index is 10.6. The van der Waals surface area contributed by atoms with E-state index >= 15 is 0 Å². The number of nitrogens with one attached hydrogen (secondary N) is 2. The van der Waals surface area contributed by atoms with Crippen LogP contribution in [0.1, 0.15) is 31.4 Å². The van der Waals surface area contributed by atoms with Gasteiger partial charge in [0.15, 0.2) is 5.96 Å². The maximum Gasteiger partial charge on any atom is 0.191 e. The first-order valence-electron chi connectivity index (χ1n) is 8.28. The monoisotopic (exact) mass is 477 g/mol. The standard InChI is InChI=1S/C18H27N3O2S.HI/c1-14(2)12-20-17(19-9-8-15-6-4-10-23-15)21-13-18(3,22)16-7-5-11-24-16;/h4-7,10-11,14,22H,8-9,12-13H2,1-3H3,(H2,19,20,21);1H. The van der Waals surface area contributed by atoms with Crippen LogP contribution < -0.4 is 10.6 Å². The van der Waals surface area contributed by atoms with Crippen LogP contribution in [-0.2, 0) is 12.0 Å². The molecule has 140 valence electrons. The number of nitrogens with zero attached hydrogens (tertiary/aromatic N) is 1. The number of thiophene rings is 1. The molecular weight excluding hydrogens is 449 g/mol. The first kappa shape index (κ1) is 22.0. The first-order chi connectivity index (χ1) is 11.5. The van der Waals surface area contributed by atoms with Crippen molar-refractivity contribution in [2.24, 2.45) is 10.9 Å². The predicted octanol–water partition coefficient (Wildman–Crippen LogP) is 3.60. The molecule has 5 nitrogen and oxygen atoms in total. The number of hydrogen-bond donors (Lipinski definition) is 3. The van der Waals surface area contributed by atoms with Gasteiger partial charge in [-0.1, -0.05) is 19.9 Å². The van der Waals surface area contributed by atoms with Crippen molar-refractivity contribution in [3.05, 3.63) is 46.5 Å². The van der Waals surface area contributed by atoms with Gasteiger partial charge in [0.05, 0.1) is 12.8 Å². The zero-order valence-corrected chi connectivity index (χ0v) is 18.1. The van der Waals surface area contributed by atoms with Gasteiger partial charge >= 0.3 is 0 Å². The van der Waals surface area contributed by atoms with E-state index in [4.69, 9.17) is 4.42 Å². The number of furan rings is 1. The molecule has 0 aromatic carbocycles.